The Kier molecular flexibility index (Phi) is 4.74. The first-order valence-corrected chi connectivity index (χ1v) is 8.08. The van der Waals surface area contributed by atoms with Gasteiger partial charge in [-0.15, -0.1) is 0 Å². The molecule has 3 saturated heterocycles. The highest BCUT2D eigenvalue weighted by atomic mass is 16.5. The van der Waals surface area contributed by atoms with Crippen molar-refractivity contribution in [1.29, 1.82) is 0 Å². The molecule has 4 nitrogen and oxygen atoms in total. The number of piperidine rings is 2. The predicted octanol–water partition coefficient (Wildman–Crippen LogP) is 0.781. The van der Waals surface area contributed by atoms with Crippen LogP contribution in [-0.2, 0) is 4.74 Å². The Hall–Kier alpha value is -0.160. The summed E-state index contributed by atoms with van der Waals surface area (Å²) >= 11 is 0. The average Bonchev–Trinajstić information content (AvgIpc) is 2.46. The van der Waals surface area contributed by atoms with Gasteiger partial charge < -0.3 is 19.9 Å². The zero-order valence-electron chi connectivity index (χ0n) is 12.3. The number of fused-ring (bicyclic) bond motifs is 1. The van der Waals surface area contributed by atoms with Crippen LogP contribution in [0.5, 0.6) is 0 Å². The fourth-order valence-electron chi connectivity index (χ4n) is 4.06. The quantitative estimate of drug-likeness (QED) is 0.818. The highest BCUT2D eigenvalue weighted by molar-refractivity contribution is 4.89. The predicted molar refractivity (Wildman–Crippen MR) is 77.4 cm³/mol. The maximum absolute atomic E-state index is 5.80. The number of hydrogen-bond donors (Lipinski definition) is 1. The van der Waals surface area contributed by atoms with Gasteiger partial charge in [0.1, 0.15) is 0 Å². The van der Waals surface area contributed by atoms with Gasteiger partial charge in [-0.25, -0.2) is 0 Å². The molecular weight excluding hydrogens is 238 g/mol. The molecule has 1 N–H and O–H groups in total. The number of hydrogen-bond acceptors (Lipinski definition) is 4. The van der Waals surface area contributed by atoms with Crippen LogP contribution in [0.1, 0.15) is 25.7 Å². The largest absolute Gasteiger partial charge is 0.376 e. The third-order valence-electron chi connectivity index (χ3n) is 5.20. The van der Waals surface area contributed by atoms with Crippen LogP contribution in [0.25, 0.3) is 0 Å². The summed E-state index contributed by atoms with van der Waals surface area (Å²) in [6.07, 6.45) is 5.83. The minimum Gasteiger partial charge on any atom is -0.376 e. The molecule has 0 aliphatic carbocycles. The first kappa shape index (κ1) is 13.8. The molecule has 0 saturated carbocycles. The van der Waals surface area contributed by atoms with Gasteiger partial charge in [-0.05, 0) is 51.7 Å². The molecule has 3 fully saturated rings. The lowest BCUT2D eigenvalue weighted by molar-refractivity contribution is 0.00299. The number of rotatable bonds is 3. The lowest BCUT2D eigenvalue weighted by atomic mass is 9.84. The summed E-state index contributed by atoms with van der Waals surface area (Å²) in [5.41, 5.74) is 0. The van der Waals surface area contributed by atoms with Gasteiger partial charge in [0.2, 0.25) is 0 Å². The fraction of sp³-hybridized carbons (Fsp3) is 1.00. The van der Waals surface area contributed by atoms with Gasteiger partial charge in [0, 0.05) is 32.2 Å². The number of nitrogens with one attached hydrogen (secondary N) is 1. The SMILES string of the molecule is CN1CCCC2CN(CCC3CNCCO3)CCC21. The summed E-state index contributed by atoms with van der Waals surface area (Å²) in [7, 11) is 2.31. The summed E-state index contributed by atoms with van der Waals surface area (Å²) < 4.78 is 5.80. The second kappa shape index (κ2) is 6.53. The molecule has 0 aromatic rings. The Morgan fingerprint density at radius 3 is 3.05 bits per heavy atom. The summed E-state index contributed by atoms with van der Waals surface area (Å²) in [4.78, 5) is 5.28. The molecule has 110 valence electrons. The lowest BCUT2D eigenvalue weighted by Gasteiger charge is -2.46. The highest BCUT2D eigenvalue weighted by Crippen LogP contribution is 2.29. The molecule has 3 heterocycles. The molecule has 0 aromatic heterocycles. The summed E-state index contributed by atoms with van der Waals surface area (Å²) in [5, 5.41) is 3.42. The van der Waals surface area contributed by atoms with Crippen molar-refractivity contribution in [2.24, 2.45) is 5.92 Å². The molecule has 0 radical (unpaired) electrons. The van der Waals surface area contributed by atoms with Crippen molar-refractivity contribution < 1.29 is 4.74 Å². The van der Waals surface area contributed by atoms with Gasteiger partial charge in [-0.3, -0.25) is 0 Å². The Labute approximate surface area is 117 Å². The number of likely N-dealkylation sites (tertiary alicyclic amines) is 2. The minimum absolute atomic E-state index is 0.445. The standard InChI is InChI=1S/C15H29N3O/c1-17-7-2-3-13-12-18(9-5-15(13)17)8-4-14-11-16-6-10-19-14/h13-16H,2-12H2,1H3. The first-order valence-electron chi connectivity index (χ1n) is 8.08. The van der Waals surface area contributed by atoms with Crippen LogP contribution in [0, 0.1) is 5.92 Å². The maximum atomic E-state index is 5.80. The van der Waals surface area contributed by atoms with Gasteiger partial charge in [0.05, 0.1) is 12.7 Å². The van der Waals surface area contributed by atoms with E-state index in [-0.39, 0.29) is 0 Å². The molecule has 4 heteroatoms. The van der Waals surface area contributed by atoms with E-state index in [1.54, 1.807) is 0 Å². The first-order chi connectivity index (χ1) is 9.33. The van der Waals surface area contributed by atoms with Crippen molar-refractivity contribution in [3.05, 3.63) is 0 Å². The van der Waals surface area contributed by atoms with Crippen LogP contribution >= 0.6 is 0 Å². The zero-order valence-corrected chi connectivity index (χ0v) is 12.3. The normalized spacial score (nSPS) is 38.1. The Morgan fingerprint density at radius 2 is 2.21 bits per heavy atom. The average molecular weight is 267 g/mol. The van der Waals surface area contributed by atoms with Crippen LogP contribution in [0.3, 0.4) is 0 Å². The van der Waals surface area contributed by atoms with Crippen LogP contribution in [0.2, 0.25) is 0 Å². The molecule has 3 rings (SSSR count). The molecule has 3 aliphatic heterocycles. The van der Waals surface area contributed by atoms with E-state index >= 15 is 0 Å². The molecule has 0 aromatic carbocycles. The van der Waals surface area contributed by atoms with Gasteiger partial charge in [-0.1, -0.05) is 0 Å². The van der Waals surface area contributed by atoms with E-state index in [2.05, 4.69) is 22.2 Å². The second-order valence-electron chi connectivity index (χ2n) is 6.53. The van der Waals surface area contributed by atoms with Crippen molar-refractivity contribution in [1.82, 2.24) is 15.1 Å². The van der Waals surface area contributed by atoms with E-state index < -0.39 is 0 Å². The molecule has 0 amide bonds. The van der Waals surface area contributed by atoms with Gasteiger partial charge in [0.25, 0.3) is 0 Å². The minimum atomic E-state index is 0.445. The molecular formula is C15H29N3O. The Morgan fingerprint density at radius 1 is 1.26 bits per heavy atom. The van der Waals surface area contributed by atoms with E-state index in [9.17, 15) is 0 Å². The van der Waals surface area contributed by atoms with Crippen LogP contribution < -0.4 is 5.32 Å². The fourth-order valence-corrected chi connectivity index (χ4v) is 4.06. The number of morpholine rings is 1. The third kappa shape index (κ3) is 3.48. The summed E-state index contributed by atoms with van der Waals surface area (Å²) in [6.45, 7) is 8.09. The molecule has 3 atom stereocenters. The second-order valence-corrected chi connectivity index (χ2v) is 6.53. The van der Waals surface area contributed by atoms with Crippen molar-refractivity contribution in [3.8, 4) is 0 Å². The number of ether oxygens (including phenoxy) is 1. The monoisotopic (exact) mass is 267 g/mol. The van der Waals surface area contributed by atoms with E-state index in [1.807, 2.05) is 0 Å². The molecule has 3 aliphatic rings. The third-order valence-corrected chi connectivity index (χ3v) is 5.20. The highest BCUT2D eigenvalue weighted by Gasteiger charge is 2.34. The van der Waals surface area contributed by atoms with Crippen molar-refractivity contribution >= 4 is 0 Å². The van der Waals surface area contributed by atoms with E-state index in [0.717, 1.165) is 31.7 Å². The van der Waals surface area contributed by atoms with Gasteiger partial charge in [-0.2, -0.15) is 0 Å². The van der Waals surface area contributed by atoms with Gasteiger partial charge in [0.15, 0.2) is 0 Å². The van der Waals surface area contributed by atoms with Crippen LogP contribution in [0.15, 0.2) is 0 Å². The smallest absolute Gasteiger partial charge is 0.0712 e. The van der Waals surface area contributed by atoms with Gasteiger partial charge >= 0.3 is 0 Å². The van der Waals surface area contributed by atoms with Crippen LogP contribution in [0.4, 0.5) is 0 Å². The zero-order chi connectivity index (χ0) is 13.1. The number of nitrogens with zero attached hydrogens (tertiary/aromatic N) is 2. The maximum Gasteiger partial charge on any atom is 0.0712 e. The van der Waals surface area contributed by atoms with E-state index in [0.29, 0.717) is 6.10 Å². The van der Waals surface area contributed by atoms with Crippen LogP contribution in [-0.4, -0.2) is 74.9 Å². The van der Waals surface area contributed by atoms with Crippen molar-refractivity contribution in [3.63, 3.8) is 0 Å². The summed E-state index contributed by atoms with van der Waals surface area (Å²) in [6, 6.07) is 0.859. The molecule has 0 spiro atoms. The van der Waals surface area contributed by atoms with Crippen molar-refractivity contribution in [2.75, 3.05) is 52.9 Å². The lowest BCUT2D eigenvalue weighted by Crippen LogP contribution is -2.53. The van der Waals surface area contributed by atoms with E-state index in [4.69, 9.17) is 4.74 Å². The van der Waals surface area contributed by atoms with Crippen molar-refractivity contribution in [2.45, 2.75) is 37.8 Å². The van der Waals surface area contributed by atoms with E-state index in [1.165, 1.54) is 51.9 Å². The summed E-state index contributed by atoms with van der Waals surface area (Å²) in [5.74, 6) is 0.915. The molecule has 0 bridgehead atoms. The molecule has 19 heavy (non-hydrogen) atoms. The topological polar surface area (TPSA) is 27.7 Å². The Balaban J connectivity index is 1.43. The Bertz CT molecular complexity index is 281. The molecule has 3 unspecified atom stereocenters.